The number of likely N-dealkylation sites (tertiary alicyclic amines) is 1. The molecule has 3 N–H and O–H groups in total. The number of carbonyl (C=O) groups is 3. The van der Waals surface area contributed by atoms with E-state index in [0.29, 0.717) is 66.3 Å². The van der Waals surface area contributed by atoms with Crippen LogP contribution in [0.15, 0.2) is 58.1 Å². The number of hydrogen-bond acceptors (Lipinski definition) is 7. The van der Waals surface area contributed by atoms with Crippen LogP contribution in [0.25, 0.3) is 6.08 Å². The van der Waals surface area contributed by atoms with Crippen molar-refractivity contribution in [2.45, 2.75) is 25.8 Å². The molecule has 4 rings (SSSR count). The molecule has 0 bridgehead atoms. The molecule has 2 fully saturated rings. The maximum atomic E-state index is 13.8. The van der Waals surface area contributed by atoms with E-state index >= 15 is 0 Å². The molecule has 11 heteroatoms. The summed E-state index contributed by atoms with van der Waals surface area (Å²) in [7, 11) is 2.04. The van der Waals surface area contributed by atoms with Gasteiger partial charge in [0.05, 0.1) is 11.9 Å². The van der Waals surface area contributed by atoms with Crippen molar-refractivity contribution < 1.29 is 18.8 Å². The number of amides is 3. The number of hydrogen-bond donors (Lipinski definition) is 2. The van der Waals surface area contributed by atoms with Crippen molar-refractivity contribution in [3.05, 3.63) is 65.0 Å². The molecule has 0 spiro atoms. The van der Waals surface area contributed by atoms with Crippen LogP contribution in [0.3, 0.4) is 0 Å². The van der Waals surface area contributed by atoms with E-state index in [-0.39, 0.29) is 11.8 Å². The lowest BCUT2D eigenvalue weighted by Crippen LogP contribution is -2.53. The predicted octanol–water partition coefficient (Wildman–Crippen LogP) is 2.89. The number of carbonyl (C=O) groups excluding carboxylic acids is 3. The summed E-state index contributed by atoms with van der Waals surface area (Å²) >= 11 is 0. The van der Waals surface area contributed by atoms with Gasteiger partial charge in [0, 0.05) is 49.5 Å². The number of nitrogens with zero attached hydrogens (tertiary/aromatic N) is 5. The summed E-state index contributed by atoms with van der Waals surface area (Å²) in [5, 5.41) is 6.31. The lowest BCUT2D eigenvalue weighted by Gasteiger charge is -2.35. The van der Waals surface area contributed by atoms with E-state index < -0.39 is 11.9 Å². The molecule has 2 aliphatic rings. The first-order valence-electron chi connectivity index (χ1n) is 13.2. The van der Waals surface area contributed by atoms with Gasteiger partial charge in [-0.1, -0.05) is 0 Å². The number of aliphatic imine (C=N–C) groups is 1. The van der Waals surface area contributed by atoms with Gasteiger partial charge in [0.25, 0.3) is 5.91 Å². The van der Waals surface area contributed by atoms with Crippen molar-refractivity contribution in [2.24, 2.45) is 15.9 Å². The highest BCUT2D eigenvalue weighted by Crippen LogP contribution is 2.24. The summed E-state index contributed by atoms with van der Waals surface area (Å²) in [6.45, 7) is 5.34. The monoisotopic (exact) mass is 547 g/mol. The zero-order valence-electron chi connectivity index (χ0n) is 22.7. The van der Waals surface area contributed by atoms with Crippen LogP contribution in [0.1, 0.15) is 35.7 Å². The second-order valence-electron chi connectivity index (χ2n) is 9.93. The number of benzene rings is 2. The minimum atomic E-state index is -0.450. The first kappa shape index (κ1) is 28.6. The summed E-state index contributed by atoms with van der Waals surface area (Å²) in [5.74, 6) is 4.99. The minimum absolute atomic E-state index is 0.0319. The first-order chi connectivity index (χ1) is 19.3. The van der Waals surface area contributed by atoms with Gasteiger partial charge < -0.3 is 25.9 Å². The third-order valence-corrected chi connectivity index (χ3v) is 7.21. The Bertz CT molecular complexity index is 1330. The standard InChI is InChI=1S/C29H34FN7O3/c1-20(16-22-17-23(30)7-10-25(22)33-19-38)26(34-31)18-32-24-8-5-21(6-9-24)28(39)37-11-3-4-27(37)29(40)36-14-12-35(2)13-15-36/h5-10,16-19,27H,3-4,11-15,31H2,1-2H3,(H,33,38)/b20-16+,32-18?,34-26?. The minimum Gasteiger partial charge on any atom is -0.338 e. The Morgan fingerprint density at radius 2 is 1.80 bits per heavy atom. The summed E-state index contributed by atoms with van der Waals surface area (Å²) < 4.78 is 13.8. The van der Waals surface area contributed by atoms with Crippen molar-refractivity contribution in [2.75, 3.05) is 45.1 Å². The van der Waals surface area contributed by atoms with Crippen LogP contribution in [0.5, 0.6) is 0 Å². The molecule has 0 aliphatic carbocycles. The SMILES string of the molecule is C/C(=C\c1cc(F)ccc1NC=O)C(C=Nc1ccc(C(=O)N2CCCC2C(=O)N2CCN(C)CC2)cc1)=NN. The van der Waals surface area contributed by atoms with Gasteiger partial charge in [-0.2, -0.15) is 5.10 Å². The lowest BCUT2D eigenvalue weighted by atomic mass is 10.1. The Balaban J connectivity index is 1.43. The van der Waals surface area contributed by atoms with Crippen LogP contribution in [-0.4, -0.2) is 90.7 Å². The molecule has 2 heterocycles. The van der Waals surface area contributed by atoms with Crippen molar-refractivity contribution in [1.29, 1.82) is 0 Å². The first-order valence-corrected chi connectivity index (χ1v) is 13.2. The summed E-state index contributed by atoms with van der Waals surface area (Å²) in [6, 6.07) is 10.4. The fourth-order valence-electron chi connectivity index (χ4n) is 4.89. The van der Waals surface area contributed by atoms with Crippen LogP contribution in [0.4, 0.5) is 15.8 Å². The molecule has 2 aromatic rings. The molecular formula is C29H34FN7O3. The van der Waals surface area contributed by atoms with Crippen LogP contribution in [0, 0.1) is 5.82 Å². The maximum absolute atomic E-state index is 13.8. The molecule has 1 atom stereocenters. The molecule has 210 valence electrons. The smallest absolute Gasteiger partial charge is 0.254 e. The van der Waals surface area contributed by atoms with Crippen molar-refractivity contribution in [1.82, 2.24) is 14.7 Å². The summed E-state index contributed by atoms with van der Waals surface area (Å²) in [4.78, 5) is 47.5. The van der Waals surface area contributed by atoms with Gasteiger partial charge in [-0.15, -0.1) is 0 Å². The lowest BCUT2D eigenvalue weighted by molar-refractivity contribution is -0.136. The number of nitrogens with one attached hydrogen (secondary N) is 1. The molecule has 0 saturated carbocycles. The highest BCUT2D eigenvalue weighted by Gasteiger charge is 2.37. The quantitative estimate of drug-likeness (QED) is 0.228. The van der Waals surface area contributed by atoms with Gasteiger partial charge in [-0.3, -0.25) is 19.4 Å². The Hall–Kier alpha value is -4.38. The van der Waals surface area contributed by atoms with E-state index in [2.05, 4.69) is 20.3 Å². The third kappa shape index (κ3) is 6.78. The Kier molecular flexibility index (Phi) is 9.39. The van der Waals surface area contributed by atoms with Crippen LogP contribution >= 0.6 is 0 Å². The number of hydrazone groups is 1. The normalized spacial score (nSPS) is 18.8. The number of likely N-dealkylation sites (N-methyl/N-ethyl adjacent to an activating group) is 1. The average molecular weight is 548 g/mol. The van der Waals surface area contributed by atoms with Crippen LogP contribution < -0.4 is 11.2 Å². The zero-order valence-corrected chi connectivity index (χ0v) is 22.7. The fourth-order valence-corrected chi connectivity index (χ4v) is 4.89. The predicted molar refractivity (Wildman–Crippen MR) is 154 cm³/mol. The molecule has 1 unspecified atom stereocenters. The number of rotatable bonds is 8. The van der Waals surface area contributed by atoms with E-state index in [9.17, 15) is 18.8 Å². The fraction of sp³-hybridized carbons (Fsp3) is 0.345. The van der Waals surface area contributed by atoms with Crippen molar-refractivity contribution >= 4 is 47.6 Å². The van der Waals surface area contributed by atoms with Crippen LogP contribution in [-0.2, 0) is 9.59 Å². The molecule has 3 amide bonds. The Labute approximate surface area is 233 Å². The molecular weight excluding hydrogens is 513 g/mol. The van der Waals surface area contributed by atoms with Crippen molar-refractivity contribution in [3.8, 4) is 0 Å². The van der Waals surface area contributed by atoms with Gasteiger partial charge >= 0.3 is 0 Å². The molecule has 0 radical (unpaired) electrons. The molecule has 0 aromatic heterocycles. The van der Waals surface area contributed by atoms with E-state index in [4.69, 9.17) is 5.84 Å². The van der Waals surface area contributed by atoms with Gasteiger partial charge in [-0.05, 0) is 80.9 Å². The van der Waals surface area contributed by atoms with Crippen molar-refractivity contribution in [3.63, 3.8) is 0 Å². The topological polar surface area (TPSA) is 124 Å². The second-order valence-corrected chi connectivity index (χ2v) is 9.93. The Morgan fingerprint density at radius 1 is 1.07 bits per heavy atom. The summed E-state index contributed by atoms with van der Waals surface area (Å²) in [5.41, 5.74) is 2.91. The van der Waals surface area contributed by atoms with E-state index in [1.165, 1.54) is 24.4 Å². The van der Waals surface area contributed by atoms with Crippen LogP contribution in [0.2, 0.25) is 0 Å². The Morgan fingerprint density at radius 3 is 2.48 bits per heavy atom. The molecule has 2 saturated heterocycles. The third-order valence-electron chi connectivity index (χ3n) is 7.21. The number of halogens is 1. The van der Waals surface area contributed by atoms with E-state index in [1.54, 1.807) is 42.2 Å². The highest BCUT2D eigenvalue weighted by molar-refractivity contribution is 6.39. The van der Waals surface area contributed by atoms with Gasteiger partial charge in [0.1, 0.15) is 17.6 Å². The number of piperazine rings is 1. The number of allylic oxidation sites excluding steroid dienone is 1. The van der Waals surface area contributed by atoms with Gasteiger partial charge in [0.15, 0.2) is 0 Å². The average Bonchev–Trinajstić information content (AvgIpc) is 3.45. The molecule has 2 aromatic carbocycles. The maximum Gasteiger partial charge on any atom is 0.254 e. The second kappa shape index (κ2) is 13.1. The van der Waals surface area contributed by atoms with Gasteiger partial charge in [-0.25, -0.2) is 4.39 Å². The number of nitrogens with two attached hydrogens (primary N) is 1. The molecule has 40 heavy (non-hydrogen) atoms. The summed E-state index contributed by atoms with van der Waals surface area (Å²) in [6.07, 6.45) is 5.11. The van der Waals surface area contributed by atoms with Gasteiger partial charge in [0.2, 0.25) is 12.3 Å². The van der Waals surface area contributed by atoms with E-state index in [1.807, 2.05) is 11.9 Å². The molecule has 10 nitrogen and oxygen atoms in total. The number of anilines is 1. The molecule has 2 aliphatic heterocycles. The largest absolute Gasteiger partial charge is 0.338 e. The van der Waals surface area contributed by atoms with E-state index in [0.717, 1.165) is 19.5 Å². The highest BCUT2D eigenvalue weighted by atomic mass is 19.1. The zero-order chi connectivity index (χ0) is 28.6.